The number of aldehydes is 1. The Labute approximate surface area is 275 Å². The molecule has 3 amide bonds. The first kappa shape index (κ1) is 38.9. The topological polar surface area (TPSA) is 333 Å². The molecule has 1 fully saturated rings. The van der Waals surface area contributed by atoms with Gasteiger partial charge in [0.2, 0.25) is 23.7 Å². The van der Waals surface area contributed by atoms with Crippen molar-refractivity contribution in [1.29, 1.82) is 0 Å². The van der Waals surface area contributed by atoms with Crippen LogP contribution in [0.5, 0.6) is 0 Å². The molecule has 14 N–H and O–H groups in total. The van der Waals surface area contributed by atoms with Crippen molar-refractivity contribution in [2.75, 3.05) is 32.9 Å². The van der Waals surface area contributed by atoms with Gasteiger partial charge in [-0.05, 0) is 12.8 Å². The van der Waals surface area contributed by atoms with Gasteiger partial charge in [0.05, 0.1) is 39.0 Å². The Morgan fingerprint density at radius 3 is 2.23 bits per heavy atom. The zero-order valence-electron chi connectivity index (χ0n) is 26.5. The highest BCUT2D eigenvalue weighted by atomic mass is 16.6. The number of amides is 3. The van der Waals surface area contributed by atoms with E-state index < -0.39 is 111 Å². The summed E-state index contributed by atoms with van der Waals surface area (Å²) >= 11 is 0. The quantitative estimate of drug-likeness (QED) is 0.0669. The zero-order chi connectivity index (χ0) is 35.7. The molecule has 0 aromatic carbocycles. The predicted octanol–water partition coefficient (Wildman–Crippen LogP) is -7.90. The van der Waals surface area contributed by atoms with Gasteiger partial charge in [-0.25, -0.2) is 4.99 Å². The van der Waals surface area contributed by atoms with Gasteiger partial charge >= 0.3 is 0 Å². The maximum atomic E-state index is 13.5. The van der Waals surface area contributed by atoms with Crippen molar-refractivity contribution in [1.82, 2.24) is 31.5 Å². The maximum Gasteiger partial charge on any atom is 0.246 e. The first-order valence-electron chi connectivity index (χ1n) is 15.6. The minimum atomic E-state index is -1.98. The average molecular weight is 690 g/mol. The number of rotatable bonds is 16. The molecule has 0 radical (unpaired) electrons. The standard InChI is InChI=1S/C27H47N9O12/c1-3-11(4-2)22(45)35-27-30-5-14(36(27)25-21(44)20(43)19(42)15(10-40)48-25)18(41)17(24(47)31-12(7-37)8-38)34-23(46)13(9-39)32-16-6-29-26(28)33-16/h7,11-21,25,32,38-44H,3-6,8-10H2,1-2H3,(H,31,47)(H,34,46)(H3,28,29,33)(H,30,35,45). The van der Waals surface area contributed by atoms with Gasteiger partial charge in [0.1, 0.15) is 61.1 Å². The van der Waals surface area contributed by atoms with E-state index in [1.165, 1.54) is 0 Å². The number of nitrogens with zero attached hydrogens (tertiary/aromatic N) is 3. The third-order valence-corrected chi connectivity index (χ3v) is 8.43. The minimum absolute atomic E-state index is 0.0859. The van der Waals surface area contributed by atoms with Crippen molar-refractivity contribution in [3.05, 3.63) is 0 Å². The fourth-order valence-electron chi connectivity index (χ4n) is 5.56. The lowest BCUT2D eigenvalue weighted by Crippen LogP contribution is -2.70. The van der Waals surface area contributed by atoms with Crippen LogP contribution >= 0.6 is 0 Å². The number of nitrogens with two attached hydrogens (primary N) is 1. The van der Waals surface area contributed by atoms with Crippen LogP contribution in [-0.4, -0.2) is 177 Å². The summed E-state index contributed by atoms with van der Waals surface area (Å²) in [5.74, 6) is -3.24. The molecular formula is C27H47N9O12. The first-order chi connectivity index (χ1) is 22.8. The zero-order valence-corrected chi connectivity index (χ0v) is 26.5. The summed E-state index contributed by atoms with van der Waals surface area (Å²) in [7, 11) is 0. The maximum absolute atomic E-state index is 13.5. The van der Waals surface area contributed by atoms with E-state index in [2.05, 4.69) is 36.6 Å². The van der Waals surface area contributed by atoms with Crippen LogP contribution in [-0.2, 0) is 23.9 Å². The summed E-state index contributed by atoms with van der Waals surface area (Å²) in [4.78, 5) is 60.6. The van der Waals surface area contributed by atoms with Gasteiger partial charge in [-0.3, -0.25) is 30.0 Å². The SMILES string of the molecule is CCC(CC)C(=O)NC1=NCC(C(O)C(NC(=O)C(CO)NC2CN=C(N)N2)C(=O)NC(C=O)CO)N1C1OC(CO)C(O)C(O)C1O. The van der Waals surface area contributed by atoms with Crippen LogP contribution in [0.1, 0.15) is 26.7 Å². The fourth-order valence-corrected chi connectivity index (χ4v) is 5.56. The molecule has 0 aliphatic carbocycles. The largest absolute Gasteiger partial charge is 0.394 e. The summed E-state index contributed by atoms with van der Waals surface area (Å²) in [6.45, 7) is 0.905. The lowest BCUT2D eigenvalue weighted by molar-refractivity contribution is -0.260. The molecule has 3 aliphatic rings. The first-order valence-corrected chi connectivity index (χ1v) is 15.6. The Bertz CT molecular complexity index is 1190. The normalized spacial score (nSPS) is 29.6. The number of nitrogens with one attached hydrogen (secondary N) is 5. The van der Waals surface area contributed by atoms with E-state index in [0.29, 0.717) is 12.8 Å². The number of carbonyl (C=O) groups excluding carboxylic acids is 4. The number of hydrogen-bond donors (Lipinski definition) is 13. The lowest BCUT2D eigenvalue weighted by atomic mass is 9.95. The van der Waals surface area contributed by atoms with Crippen LogP contribution < -0.4 is 32.3 Å². The minimum Gasteiger partial charge on any atom is -0.394 e. The molecule has 0 spiro atoms. The highest BCUT2D eigenvalue weighted by Crippen LogP contribution is 2.29. The van der Waals surface area contributed by atoms with Crippen molar-refractivity contribution < 1.29 is 59.7 Å². The molecule has 3 aliphatic heterocycles. The van der Waals surface area contributed by atoms with Gasteiger partial charge < -0.3 is 71.9 Å². The van der Waals surface area contributed by atoms with Gasteiger partial charge in [-0.15, -0.1) is 0 Å². The van der Waals surface area contributed by atoms with E-state index >= 15 is 0 Å². The van der Waals surface area contributed by atoms with Gasteiger partial charge in [0, 0.05) is 5.92 Å². The van der Waals surface area contributed by atoms with E-state index in [-0.39, 0.29) is 31.3 Å². The molecule has 3 heterocycles. The molecule has 48 heavy (non-hydrogen) atoms. The van der Waals surface area contributed by atoms with Gasteiger partial charge in [-0.2, -0.15) is 0 Å². The van der Waals surface area contributed by atoms with E-state index in [1.807, 2.05) is 0 Å². The van der Waals surface area contributed by atoms with E-state index in [4.69, 9.17) is 10.5 Å². The second-order valence-electron chi connectivity index (χ2n) is 11.6. The number of hydrogen-bond acceptors (Lipinski definition) is 18. The molecule has 21 nitrogen and oxygen atoms in total. The van der Waals surface area contributed by atoms with Crippen molar-refractivity contribution >= 4 is 35.9 Å². The highest BCUT2D eigenvalue weighted by molar-refractivity contribution is 5.99. The van der Waals surface area contributed by atoms with Crippen molar-refractivity contribution in [3.63, 3.8) is 0 Å². The summed E-state index contributed by atoms with van der Waals surface area (Å²) < 4.78 is 5.71. The molecule has 21 heteroatoms. The summed E-state index contributed by atoms with van der Waals surface area (Å²) in [5, 5.41) is 85.5. The molecule has 0 aromatic heterocycles. The van der Waals surface area contributed by atoms with Gasteiger partial charge in [-0.1, -0.05) is 13.8 Å². The Kier molecular flexibility index (Phi) is 14.4. The summed E-state index contributed by atoms with van der Waals surface area (Å²) in [5.41, 5.74) is 5.60. The summed E-state index contributed by atoms with van der Waals surface area (Å²) in [6, 6.07) is -6.15. The number of guanidine groups is 2. The van der Waals surface area contributed by atoms with Gasteiger partial charge in [0.15, 0.2) is 12.2 Å². The monoisotopic (exact) mass is 689 g/mol. The van der Waals surface area contributed by atoms with E-state index in [1.54, 1.807) is 13.8 Å². The Morgan fingerprint density at radius 1 is 1.00 bits per heavy atom. The molecule has 0 bridgehead atoms. The van der Waals surface area contributed by atoms with Crippen LogP contribution in [0.15, 0.2) is 9.98 Å². The van der Waals surface area contributed by atoms with Crippen molar-refractivity contribution in [2.45, 2.75) is 93.8 Å². The fraction of sp³-hybridized carbons (Fsp3) is 0.778. The Morgan fingerprint density at radius 2 is 1.69 bits per heavy atom. The third-order valence-electron chi connectivity index (χ3n) is 8.43. The van der Waals surface area contributed by atoms with Crippen LogP contribution in [0, 0.1) is 5.92 Å². The molecule has 3 rings (SSSR count). The molecule has 1 saturated heterocycles. The number of ether oxygens (including phenoxy) is 1. The Balaban J connectivity index is 1.98. The second-order valence-corrected chi connectivity index (χ2v) is 11.6. The number of aliphatic hydroxyl groups is 7. The van der Waals surface area contributed by atoms with E-state index in [9.17, 15) is 54.9 Å². The number of aliphatic hydroxyl groups excluding tert-OH is 7. The van der Waals surface area contributed by atoms with Gasteiger partial charge in [0.25, 0.3) is 0 Å². The highest BCUT2D eigenvalue weighted by Gasteiger charge is 2.52. The molecule has 11 atom stereocenters. The third kappa shape index (κ3) is 8.92. The predicted molar refractivity (Wildman–Crippen MR) is 164 cm³/mol. The Hall–Kier alpha value is -3.54. The number of aliphatic imine (C=N–C) groups is 2. The van der Waals surface area contributed by atoms with Crippen LogP contribution in [0.2, 0.25) is 0 Å². The molecule has 0 saturated carbocycles. The second kappa shape index (κ2) is 17.7. The van der Waals surface area contributed by atoms with Crippen LogP contribution in [0.4, 0.5) is 0 Å². The molecule has 0 aromatic rings. The van der Waals surface area contributed by atoms with Crippen molar-refractivity contribution in [3.8, 4) is 0 Å². The van der Waals surface area contributed by atoms with Crippen LogP contribution in [0.3, 0.4) is 0 Å². The lowest BCUT2D eigenvalue weighted by Gasteiger charge is -2.47. The smallest absolute Gasteiger partial charge is 0.246 e. The average Bonchev–Trinajstić information content (AvgIpc) is 3.69. The number of carbonyl (C=O) groups is 4. The molecular weight excluding hydrogens is 642 g/mol. The molecule has 11 unspecified atom stereocenters. The van der Waals surface area contributed by atoms with E-state index in [0.717, 1.165) is 4.90 Å². The molecule has 272 valence electrons. The van der Waals surface area contributed by atoms with Crippen LogP contribution in [0.25, 0.3) is 0 Å². The summed E-state index contributed by atoms with van der Waals surface area (Å²) in [6.07, 6.45) is -10.1. The van der Waals surface area contributed by atoms with Crippen molar-refractivity contribution in [2.24, 2.45) is 21.6 Å².